The molecule has 0 N–H and O–H groups in total. The Morgan fingerprint density at radius 1 is 0.692 bits per heavy atom. The van der Waals surface area contributed by atoms with Gasteiger partial charge in [0.25, 0.3) is 0 Å². The molecule has 1 unspecified atom stereocenters. The summed E-state index contributed by atoms with van der Waals surface area (Å²) < 4.78 is 1.01. The molecular formula is C21H15Cl2NO2. The van der Waals surface area contributed by atoms with Gasteiger partial charge in [0.1, 0.15) is 0 Å². The largest absolute Gasteiger partial charge is 0.317 e. The summed E-state index contributed by atoms with van der Waals surface area (Å²) in [7, 11) is 0. The van der Waals surface area contributed by atoms with Gasteiger partial charge in [-0.05, 0) is 15.7 Å². The Morgan fingerprint density at radius 3 is 1.77 bits per heavy atom. The Bertz CT molecular complexity index is 917. The van der Waals surface area contributed by atoms with Crippen molar-refractivity contribution in [1.82, 2.24) is 4.58 Å². The molecule has 3 nitrogen and oxygen atoms in total. The van der Waals surface area contributed by atoms with Crippen LogP contribution in [0.3, 0.4) is 0 Å². The number of rotatable bonds is 3. The molecule has 5 heteroatoms. The van der Waals surface area contributed by atoms with E-state index in [-0.39, 0.29) is 0 Å². The zero-order valence-electron chi connectivity index (χ0n) is 13.7. The zero-order chi connectivity index (χ0) is 18.0. The number of benzene rings is 3. The van der Waals surface area contributed by atoms with E-state index in [1.807, 2.05) is 91.0 Å². The van der Waals surface area contributed by atoms with Gasteiger partial charge in [0.2, 0.25) is 0 Å². The third-order valence-corrected chi connectivity index (χ3v) is 5.20. The lowest BCUT2D eigenvalue weighted by Gasteiger charge is -2.39. The number of nitrogens with zero attached hydrogens (tertiary/aromatic N) is 1. The van der Waals surface area contributed by atoms with Crippen LogP contribution in [0.2, 0.25) is 0 Å². The Hall–Kier alpha value is -2.30. The quantitative estimate of drug-likeness (QED) is 0.240. The molecule has 26 heavy (non-hydrogen) atoms. The summed E-state index contributed by atoms with van der Waals surface area (Å²) in [5.41, 5.74) is 3.21. The highest BCUT2D eigenvalue weighted by Crippen LogP contribution is 2.52. The summed E-state index contributed by atoms with van der Waals surface area (Å²) in [4.78, 5) is 9.55. The van der Waals surface area contributed by atoms with E-state index in [0.717, 1.165) is 21.3 Å². The number of alkyl halides is 1. The minimum atomic E-state index is -1.27. The fraction of sp³-hybridized carbons (Fsp3) is 0.0476. The lowest BCUT2D eigenvalue weighted by atomic mass is 9.89. The predicted molar refractivity (Wildman–Crippen MR) is 104 cm³/mol. The molecule has 1 atom stereocenters. The molecule has 130 valence electrons. The highest BCUT2D eigenvalue weighted by Gasteiger charge is 2.48. The average molecular weight is 384 g/mol. The fourth-order valence-corrected chi connectivity index (χ4v) is 3.57. The van der Waals surface area contributed by atoms with Crippen molar-refractivity contribution in [3.8, 4) is 0 Å². The second-order valence-electron chi connectivity index (χ2n) is 5.83. The van der Waals surface area contributed by atoms with Gasteiger partial charge in [-0.2, -0.15) is 0 Å². The molecule has 0 radical (unpaired) electrons. The molecule has 3 aromatic rings. The number of hydrogen-bond donors (Lipinski definition) is 0. The molecular weight excluding hydrogens is 369 g/mol. The third-order valence-electron chi connectivity index (χ3n) is 4.24. The van der Waals surface area contributed by atoms with Crippen LogP contribution in [0.4, 0.5) is 0 Å². The highest BCUT2D eigenvalue weighted by atomic mass is 35.5. The van der Waals surface area contributed by atoms with E-state index in [1.54, 1.807) is 0 Å². The van der Waals surface area contributed by atoms with Crippen molar-refractivity contribution >= 4 is 34.7 Å². The van der Waals surface area contributed by atoms with Crippen LogP contribution in [0.15, 0.2) is 91.0 Å². The number of hydroxylamine groups is 1. The first-order valence-electron chi connectivity index (χ1n) is 8.12. The van der Waals surface area contributed by atoms with Crippen molar-refractivity contribution in [3.05, 3.63) is 108 Å². The number of hydrogen-bond acceptors (Lipinski definition) is 3. The molecule has 3 aromatic carbocycles. The van der Waals surface area contributed by atoms with Gasteiger partial charge >= 0.3 is 0 Å². The van der Waals surface area contributed by atoms with E-state index in [2.05, 4.69) is 0 Å². The van der Waals surface area contributed by atoms with Gasteiger partial charge in [-0.15, -0.1) is 0 Å². The highest BCUT2D eigenvalue weighted by molar-refractivity contribution is 6.34. The lowest BCUT2D eigenvalue weighted by molar-refractivity contribution is -0.371. The van der Waals surface area contributed by atoms with E-state index in [1.165, 1.54) is 0 Å². The minimum Gasteiger partial charge on any atom is -0.317 e. The summed E-state index contributed by atoms with van der Waals surface area (Å²) in [5, 5.41) is 0. The second kappa shape index (κ2) is 7.14. The summed E-state index contributed by atoms with van der Waals surface area (Å²) in [5.74, 6) is 0.521. The Labute approximate surface area is 162 Å². The van der Waals surface area contributed by atoms with Crippen molar-refractivity contribution in [2.45, 2.75) is 5.00 Å². The molecule has 0 bridgehead atoms. The monoisotopic (exact) mass is 383 g/mol. The van der Waals surface area contributed by atoms with Crippen molar-refractivity contribution in [1.29, 1.82) is 0 Å². The van der Waals surface area contributed by atoms with Gasteiger partial charge in [0.15, 0.2) is 10.8 Å². The van der Waals surface area contributed by atoms with Crippen LogP contribution in [0.1, 0.15) is 16.7 Å². The third kappa shape index (κ3) is 2.89. The smallest absolute Gasteiger partial charge is 0.194 e. The van der Waals surface area contributed by atoms with Crippen LogP contribution >= 0.6 is 23.4 Å². The lowest BCUT2D eigenvalue weighted by Crippen LogP contribution is -2.40. The molecule has 0 saturated carbocycles. The van der Waals surface area contributed by atoms with Gasteiger partial charge in [0, 0.05) is 22.9 Å². The first-order valence-corrected chi connectivity index (χ1v) is 8.83. The maximum atomic E-state index is 7.13. The van der Waals surface area contributed by atoms with Gasteiger partial charge in [0.05, 0.1) is 0 Å². The van der Waals surface area contributed by atoms with E-state index < -0.39 is 5.00 Å². The van der Waals surface area contributed by atoms with Crippen LogP contribution in [-0.2, 0) is 14.9 Å². The average Bonchev–Trinajstić information content (AvgIpc) is 2.72. The van der Waals surface area contributed by atoms with Crippen molar-refractivity contribution < 1.29 is 9.88 Å². The SMILES string of the molecule is ClN1OOC(c2ccccc2)=C(c2ccccc2)C1(Cl)c1ccccc1. The van der Waals surface area contributed by atoms with Crippen LogP contribution in [0.5, 0.6) is 0 Å². The second-order valence-corrected chi connectivity index (χ2v) is 6.68. The first kappa shape index (κ1) is 17.1. The molecule has 0 spiro atoms. The zero-order valence-corrected chi connectivity index (χ0v) is 15.2. The number of halogens is 2. The van der Waals surface area contributed by atoms with E-state index in [0.29, 0.717) is 11.3 Å². The van der Waals surface area contributed by atoms with Crippen LogP contribution in [0.25, 0.3) is 11.3 Å². The molecule has 0 fully saturated rings. The minimum absolute atomic E-state index is 0.521. The molecule has 1 heterocycles. The van der Waals surface area contributed by atoms with Crippen molar-refractivity contribution in [2.75, 3.05) is 0 Å². The molecule has 0 amide bonds. The molecule has 1 aliphatic heterocycles. The van der Waals surface area contributed by atoms with E-state index in [9.17, 15) is 0 Å². The van der Waals surface area contributed by atoms with Gasteiger partial charge < -0.3 is 4.89 Å². The Kier molecular flexibility index (Phi) is 4.70. The van der Waals surface area contributed by atoms with Crippen LogP contribution < -0.4 is 0 Å². The fourth-order valence-electron chi connectivity index (χ4n) is 3.02. The van der Waals surface area contributed by atoms with E-state index >= 15 is 0 Å². The Morgan fingerprint density at radius 2 is 1.19 bits per heavy atom. The van der Waals surface area contributed by atoms with E-state index in [4.69, 9.17) is 33.3 Å². The van der Waals surface area contributed by atoms with Gasteiger partial charge in [-0.1, -0.05) is 108 Å². The van der Waals surface area contributed by atoms with Crippen molar-refractivity contribution in [2.24, 2.45) is 0 Å². The Balaban J connectivity index is 2.02. The molecule has 4 rings (SSSR count). The normalized spacial score (nSPS) is 20.7. The molecule has 1 aliphatic rings. The topological polar surface area (TPSA) is 21.7 Å². The summed E-state index contributed by atoms with van der Waals surface area (Å²) in [6, 6.07) is 29.0. The molecule has 0 saturated heterocycles. The summed E-state index contributed by atoms with van der Waals surface area (Å²) in [6.45, 7) is 0. The van der Waals surface area contributed by atoms with Crippen molar-refractivity contribution in [3.63, 3.8) is 0 Å². The maximum absolute atomic E-state index is 7.13. The standard InChI is InChI=1S/C21H15Cl2NO2/c22-21(18-14-8-3-9-15-18)19(16-10-4-1-5-11-16)20(25-26-24(21)23)17-12-6-2-7-13-17/h1-15H. The first-order chi connectivity index (χ1) is 12.7. The van der Waals surface area contributed by atoms with Crippen LogP contribution in [-0.4, -0.2) is 4.58 Å². The summed E-state index contributed by atoms with van der Waals surface area (Å²) in [6.07, 6.45) is 0. The maximum Gasteiger partial charge on any atom is 0.194 e. The van der Waals surface area contributed by atoms with Gasteiger partial charge in [-0.25, -0.2) is 0 Å². The van der Waals surface area contributed by atoms with Crippen LogP contribution in [0, 0.1) is 0 Å². The predicted octanol–water partition coefficient (Wildman–Crippen LogP) is 5.98. The summed E-state index contributed by atoms with van der Waals surface area (Å²) >= 11 is 13.5. The van der Waals surface area contributed by atoms with Gasteiger partial charge in [-0.3, -0.25) is 0 Å². The molecule has 0 aromatic heterocycles. The molecule has 0 aliphatic carbocycles.